The molecule has 0 saturated carbocycles. The van der Waals surface area contributed by atoms with Crippen LogP contribution in [-0.2, 0) is 6.54 Å². The predicted octanol–water partition coefficient (Wildman–Crippen LogP) is 2.93. The molecule has 0 bridgehead atoms. The van der Waals surface area contributed by atoms with E-state index in [-0.39, 0.29) is 0 Å². The van der Waals surface area contributed by atoms with Crippen LogP contribution in [0.4, 0.5) is 0 Å². The Hall–Kier alpha value is -0.800. The maximum atomic E-state index is 5.84. The maximum absolute atomic E-state index is 5.84. The van der Waals surface area contributed by atoms with Crippen LogP contribution < -0.4 is 5.73 Å². The molecule has 3 nitrogen and oxygen atoms in total. The van der Waals surface area contributed by atoms with E-state index in [4.69, 9.17) is 10.2 Å². The molecule has 0 amide bonds. The van der Waals surface area contributed by atoms with Gasteiger partial charge in [-0.25, -0.2) is 0 Å². The van der Waals surface area contributed by atoms with Gasteiger partial charge in [0.05, 0.1) is 6.54 Å². The van der Waals surface area contributed by atoms with Crippen molar-refractivity contribution in [2.75, 3.05) is 13.6 Å². The van der Waals surface area contributed by atoms with Crippen molar-refractivity contribution < 1.29 is 4.42 Å². The zero-order valence-corrected chi connectivity index (χ0v) is 11.4. The molecule has 1 rings (SSSR count). The molecule has 1 heterocycles. The first-order chi connectivity index (χ1) is 8.17. The van der Waals surface area contributed by atoms with Gasteiger partial charge < -0.3 is 10.2 Å². The number of likely N-dealkylation sites (N-methyl/N-ethyl adjacent to an activating group) is 1. The number of furan rings is 1. The lowest BCUT2D eigenvalue weighted by Crippen LogP contribution is -2.37. The van der Waals surface area contributed by atoms with Crippen LogP contribution in [0.25, 0.3) is 0 Å². The summed E-state index contributed by atoms with van der Waals surface area (Å²) in [7, 11) is 2.13. The molecular weight excluding hydrogens is 212 g/mol. The first-order valence-electron chi connectivity index (χ1n) is 6.63. The van der Waals surface area contributed by atoms with Crippen molar-refractivity contribution in [2.45, 2.75) is 52.1 Å². The van der Waals surface area contributed by atoms with Crippen molar-refractivity contribution >= 4 is 0 Å². The lowest BCUT2D eigenvalue weighted by molar-refractivity contribution is 0.206. The smallest absolute Gasteiger partial charge is 0.118 e. The Labute approximate surface area is 105 Å². The quantitative estimate of drug-likeness (QED) is 0.708. The average molecular weight is 238 g/mol. The number of hydrogen-bond acceptors (Lipinski definition) is 3. The SMILES string of the molecule is CCCCCC(CN)N(C)Cc1ccc(C)o1. The molecule has 0 saturated heterocycles. The highest BCUT2D eigenvalue weighted by atomic mass is 16.3. The fourth-order valence-electron chi connectivity index (χ4n) is 2.09. The van der Waals surface area contributed by atoms with Gasteiger partial charge in [-0.15, -0.1) is 0 Å². The fourth-order valence-corrected chi connectivity index (χ4v) is 2.09. The topological polar surface area (TPSA) is 42.4 Å². The van der Waals surface area contributed by atoms with E-state index in [1.807, 2.05) is 19.1 Å². The van der Waals surface area contributed by atoms with Gasteiger partial charge in [-0.2, -0.15) is 0 Å². The molecule has 1 aromatic rings. The summed E-state index contributed by atoms with van der Waals surface area (Å²) in [6.45, 7) is 5.78. The molecule has 0 fully saturated rings. The van der Waals surface area contributed by atoms with Crippen LogP contribution >= 0.6 is 0 Å². The van der Waals surface area contributed by atoms with Crippen molar-refractivity contribution in [3.63, 3.8) is 0 Å². The Morgan fingerprint density at radius 2 is 2.12 bits per heavy atom. The van der Waals surface area contributed by atoms with Gasteiger partial charge in [-0.3, -0.25) is 4.90 Å². The van der Waals surface area contributed by atoms with Crippen molar-refractivity contribution in [1.29, 1.82) is 0 Å². The molecule has 2 N–H and O–H groups in total. The fraction of sp³-hybridized carbons (Fsp3) is 0.714. The average Bonchev–Trinajstić information content (AvgIpc) is 2.70. The second-order valence-electron chi connectivity index (χ2n) is 4.81. The summed E-state index contributed by atoms with van der Waals surface area (Å²) in [6, 6.07) is 4.52. The van der Waals surface area contributed by atoms with E-state index >= 15 is 0 Å². The van der Waals surface area contributed by atoms with Crippen LogP contribution in [0.2, 0.25) is 0 Å². The van der Waals surface area contributed by atoms with E-state index in [0.717, 1.165) is 24.6 Å². The molecule has 0 spiro atoms. The van der Waals surface area contributed by atoms with E-state index in [1.165, 1.54) is 25.7 Å². The number of aryl methyl sites for hydroxylation is 1. The van der Waals surface area contributed by atoms with Gasteiger partial charge in [0.2, 0.25) is 0 Å². The van der Waals surface area contributed by atoms with E-state index in [2.05, 4.69) is 18.9 Å². The molecule has 1 atom stereocenters. The largest absolute Gasteiger partial charge is 0.465 e. The minimum atomic E-state index is 0.465. The van der Waals surface area contributed by atoms with E-state index in [9.17, 15) is 0 Å². The molecule has 98 valence electrons. The summed E-state index contributed by atoms with van der Waals surface area (Å²) in [4.78, 5) is 2.30. The third kappa shape index (κ3) is 4.92. The third-order valence-electron chi connectivity index (χ3n) is 3.24. The normalized spacial score (nSPS) is 13.2. The van der Waals surface area contributed by atoms with Crippen LogP contribution in [0.15, 0.2) is 16.5 Å². The number of rotatable bonds is 8. The molecular formula is C14H26N2O. The van der Waals surface area contributed by atoms with Gasteiger partial charge >= 0.3 is 0 Å². The summed E-state index contributed by atoms with van der Waals surface area (Å²) in [6.07, 6.45) is 5.00. The predicted molar refractivity (Wildman–Crippen MR) is 71.9 cm³/mol. The van der Waals surface area contributed by atoms with Crippen LogP contribution in [-0.4, -0.2) is 24.5 Å². The first kappa shape index (κ1) is 14.3. The number of unbranched alkanes of at least 4 members (excludes halogenated alkanes) is 2. The molecule has 1 aromatic heterocycles. The van der Waals surface area contributed by atoms with Crippen LogP contribution in [0, 0.1) is 6.92 Å². The Morgan fingerprint density at radius 3 is 2.65 bits per heavy atom. The Bertz CT molecular complexity index is 309. The molecule has 0 radical (unpaired) electrons. The van der Waals surface area contributed by atoms with Gasteiger partial charge in [-0.1, -0.05) is 26.2 Å². The van der Waals surface area contributed by atoms with Crippen molar-refractivity contribution in [3.05, 3.63) is 23.7 Å². The maximum Gasteiger partial charge on any atom is 0.118 e. The molecule has 3 heteroatoms. The van der Waals surface area contributed by atoms with Crippen molar-refractivity contribution in [2.24, 2.45) is 5.73 Å². The summed E-state index contributed by atoms with van der Waals surface area (Å²) in [5.41, 5.74) is 5.84. The van der Waals surface area contributed by atoms with E-state index in [1.54, 1.807) is 0 Å². The van der Waals surface area contributed by atoms with Crippen LogP contribution in [0.5, 0.6) is 0 Å². The highest BCUT2D eigenvalue weighted by Crippen LogP contribution is 2.13. The highest BCUT2D eigenvalue weighted by molar-refractivity contribution is 5.05. The first-order valence-corrected chi connectivity index (χ1v) is 6.63. The van der Waals surface area contributed by atoms with Gasteiger partial charge in [0.1, 0.15) is 11.5 Å². The van der Waals surface area contributed by atoms with Crippen LogP contribution in [0.1, 0.15) is 44.1 Å². The van der Waals surface area contributed by atoms with Crippen LogP contribution in [0.3, 0.4) is 0 Å². The van der Waals surface area contributed by atoms with Gasteiger partial charge in [0.25, 0.3) is 0 Å². The standard InChI is InChI=1S/C14H26N2O/c1-4-5-6-7-13(10-15)16(3)11-14-9-8-12(2)17-14/h8-9,13H,4-7,10-11,15H2,1-3H3. The molecule has 1 unspecified atom stereocenters. The van der Waals surface area contributed by atoms with Gasteiger partial charge in [0, 0.05) is 12.6 Å². The van der Waals surface area contributed by atoms with Crippen molar-refractivity contribution in [3.8, 4) is 0 Å². The van der Waals surface area contributed by atoms with Gasteiger partial charge in [0.15, 0.2) is 0 Å². The lowest BCUT2D eigenvalue weighted by Gasteiger charge is -2.26. The van der Waals surface area contributed by atoms with E-state index < -0.39 is 0 Å². The lowest BCUT2D eigenvalue weighted by atomic mass is 10.1. The van der Waals surface area contributed by atoms with Gasteiger partial charge in [-0.05, 0) is 32.5 Å². The minimum absolute atomic E-state index is 0.465. The Kier molecular flexibility index (Phi) is 6.30. The molecule has 17 heavy (non-hydrogen) atoms. The summed E-state index contributed by atoms with van der Waals surface area (Å²) < 4.78 is 5.59. The minimum Gasteiger partial charge on any atom is -0.465 e. The second kappa shape index (κ2) is 7.51. The monoisotopic (exact) mass is 238 g/mol. The summed E-state index contributed by atoms with van der Waals surface area (Å²) >= 11 is 0. The molecule has 0 aromatic carbocycles. The molecule has 0 aliphatic carbocycles. The Morgan fingerprint density at radius 1 is 1.35 bits per heavy atom. The zero-order valence-electron chi connectivity index (χ0n) is 11.4. The zero-order chi connectivity index (χ0) is 12.7. The number of nitrogens with two attached hydrogens (primary N) is 1. The number of nitrogens with zero attached hydrogens (tertiary/aromatic N) is 1. The molecule has 0 aliphatic rings. The van der Waals surface area contributed by atoms with Crippen molar-refractivity contribution in [1.82, 2.24) is 4.90 Å². The summed E-state index contributed by atoms with van der Waals surface area (Å²) in [5.74, 6) is 2.00. The molecule has 0 aliphatic heterocycles. The third-order valence-corrected chi connectivity index (χ3v) is 3.24. The Balaban J connectivity index is 2.40. The summed E-state index contributed by atoms with van der Waals surface area (Å²) in [5, 5.41) is 0. The highest BCUT2D eigenvalue weighted by Gasteiger charge is 2.14. The number of hydrogen-bond donors (Lipinski definition) is 1. The van der Waals surface area contributed by atoms with E-state index in [0.29, 0.717) is 6.04 Å². The second-order valence-corrected chi connectivity index (χ2v) is 4.81.